The summed E-state index contributed by atoms with van der Waals surface area (Å²) in [6.45, 7) is 1.65. The molecule has 0 saturated carbocycles. The van der Waals surface area contributed by atoms with Gasteiger partial charge in [0.1, 0.15) is 5.69 Å². The van der Waals surface area contributed by atoms with Crippen LogP contribution in [0, 0.1) is 0 Å². The van der Waals surface area contributed by atoms with Gasteiger partial charge in [0.25, 0.3) is 0 Å². The quantitative estimate of drug-likeness (QED) is 0.780. The van der Waals surface area contributed by atoms with Crippen LogP contribution in [-0.2, 0) is 0 Å². The highest BCUT2D eigenvalue weighted by atomic mass is 35.5. The van der Waals surface area contributed by atoms with Crippen LogP contribution in [0.15, 0.2) is 36.7 Å². The molecule has 6 heteroatoms. The summed E-state index contributed by atoms with van der Waals surface area (Å²) >= 11 is 6.15. The molecule has 1 N–H and O–H groups in total. The van der Waals surface area contributed by atoms with Crippen molar-refractivity contribution in [2.75, 3.05) is 0 Å². The predicted molar refractivity (Wildman–Crippen MR) is 72.3 cm³/mol. The SMILES string of the molecule is CC(O)c1cn(-c2ccc(Cl)c3cccnc23)nn1. The maximum absolute atomic E-state index is 9.49. The fraction of sp³-hybridized carbons (Fsp3) is 0.154. The molecule has 5 nitrogen and oxygen atoms in total. The van der Waals surface area contributed by atoms with E-state index in [4.69, 9.17) is 11.6 Å². The van der Waals surface area contributed by atoms with Crippen LogP contribution < -0.4 is 0 Å². The molecular weight excluding hydrogens is 264 g/mol. The number of benzene rings is 1. The molecule has 0 bridgehead atoms. The fourth-order valence-corrected chi connectivity index (χ4v) is 2.11. The second-order valence-corrected chi connectivity index (χ2v) is 4.64. The van der Waals surface area contributed by atoms with Crippen molar-refractivity contribution < 1.29 is 5.11 Å². The molecule has 1 atom stereocenters. The third-order valence-corrected chi connectivity index (χ3v) is 3.21. The van der Waals surface area contributed by atoms with Gasteiger partial charge in [0.05, 0.1) is 28.5 Å². The van der Waals surface area contributed by atoms with Gasteiger partial charge >= 0.3 is 0 Å². The molecule has 0 aliphatic rings. The summed E-state index contributed by atoms with van der Waals surface area (Å²) < 4.78 is 1.59. The normalized spacial score (nSPS) is 12.8. The lowest BCUT2D eigenvalue weighted by molar-refractivity contribution is 0.194. The average molecular weight is 275 g/mol. The van der Waals surface area contributed by atoms with E-state index < -0.39 is 6.10 Å². The molecule has 1 aromatic carbocycles. The minimum Gasteiger partial charge on any atom is -0.387 e. The molecule has 3 aromatic rings. The summed E-state index contributed by atoms with van der Waals surface area (Å²) in [6.07, 6.45) is 2.73. The minimum atomic E-state index is -0.653. The zero-order valence-corrected chi connectivity index (χ0v) is 10.9. The lowest BCUT2D eigenvalue weighted by atomic mass is 10.2. The van der Waals surface area contributed by atoms with E-state index in [2.05, 4.69) is 15.3 Å². The number of pyridine rings is 1. The number of aliphatic hydroxyl groups excluding tert-OH is 1. The van der Waals surface area contributed by atoms with Crippen LogP contribution in [0.25, 0.3) is 16.6 Å². The third-order valence-electron chi connectivity index (χ3n) is 2.88. The Labute approximate surface area is 114 Å². The van der Waals surface area contributed by atoms with Crippen LogP contribution in [0.5, 0.6) is 0 Å². The average Bonchev–Trinajstić information content (AvgIpc) is 2.89. The predicted octanol–water partition coefficient (Wildman–Crippen LogP) is 2.52. The van der Waals surface area contributed by atoms with Crippen LogP contribution in [-0.4, -0.2) is 25.1 Å². The second-order valence-electron chi connectivity index (χ2n) is 4.23. The van der Waals surface area contributed by atoms with Gasteiger partial charge in [-0.15, -0.1) is 5.10 Å². The van der Waals surface area contributed by atoms with E-state index in [1.165, 1.54) is 0 Å². The number of fused-ring (bicyclic) bond motifs is 1. The highest BCUT2D eigenvalue weighted by Crippen LogP contribution is 2.26. The molecule has 96 valence electrons. The van der Waals surface area contributed by atoms with Crippen LogP contribution in [0.3, 0.4) is 0 Å². The van der Waals surface area contributed by atoms with Crippen molar-refractivity contribution in [2.45, 2.75) is 13.0 Å². The van der Waals surface area contributed by atoms with Crippen LogP contribution >= 0.6 is 11.6 Å². The summed E-state index contributed by atoms with van der Waals surface area (Å²) in [5.41, 5.74) is 2.04. The minimum absolute atomic E-state index is 0.513. The van der Waals surface area contributed by atoms with E-state index in [9.17, 15) is 5.11 Å². The lowest BCUT2D eigenvalue weighted by Crippen LogP contribution is -1.97. The molecule has 0 amide bonds. The van der Waals surface area contributed by atoms with Crippen molar-refractivity contribution in [3.63, 3.8) is 0 Å². The number of aliphatic hydroxyl groups is 1. The van der Waals surface area contributed by atoms with Crippen molar-refractivity contribution in [1.82, 2.24) is 20.0 Å². The van der Waals surface area contributed by atoms with Crippen molar-refractivity contribution in [3.05, 3.63) is 47.4 Å². The van der Waals surface area contributed by atoms with Gasteiger partial charge in [-0.3, -0.25) is 4.98 Å². The molecule has 0 fully saturated rings. The Morgan fingerprint density at radius 2 is 2.16 bits per heavy atom. The summed E-state index contributed by atoms with van der Waals surface area (Å²) in [4.78, 5) is 4.34. The summed E-state index contributed by atoms with van der Waals surface area (Å²) in [5, 5.41) is 18.9. The summed E-state index contributed by atoms with van der Waals surface area (Å²) in [6, 6.07) is 7.37. The van der Waals surface area contributed by atoms with Gasteiger partial charge in [0, 0.05) is 11.6 Å². The standard InChI is InChI=1S/C13H11ClN4O/c1-8(19)11-7-18(17-16-11)12-5-4-10(14)9-3-2-6-15-13(9)12/h2-8,19H,1H3. The number of hydrogen-bond donors (Lipinski definition) is 1. The van der Waals surface area contributed by atoms with Gasteiger partial charge in [0.2, 0.25) is 0 Å². The monoisotopic (exact) mass is 274 g/mol. The Bertz CT molecular complexity index is 738. The molecule has 19 heavy (non-hydrogen) atoms. The number of hydrogen-bond acceptors (Lipinski definition) is 4. The molecule has 1 unspecified atom stereocenters. The van der Waals surface area contributed by atoms with E-state index in [0.29, 0.717) is 10.7 Å². The Hall–Kier alpha value is -1.98. The van der Waals surface area contributed by atoms with E-state index in [-0.39, 0.29) is 0 Å². The van der Waals surface area contributed by atoms with E-state index in [1.807, 2.05) is 18.2 Å². The van der Waals surface area contributed by atoms with Gasteiger partial charge in [-0.2, -0.15) is 0 Å². The van der Waals surface area contributed by atoms with Gasteiger partial charge in [-0.1, -0.05) is 16.8 Å². The number of halogens is 1. The number of rotatable bonds is 2. The van der Waals surface area contributed by atoms with Gasteiger partial charge < -0.3 is 5.11 Å². The Morgan fingerprint density at radius 1 is 1.32 bits per heavy atom. The van der Waals surface area contributed by atoms with Gasteiger partial charge in [-0.05, 0) is 31.2 Å². The Balaban J connectivity index is 2.22. The molecule has 2 heterocycles. The van der Waals surface area contributed by atoms with E-state index in [0.717, 1.165) is 16.6 Å². The maximum atomic E-state index is 9.49. The molecular formula is C13H11ClN4O. The molecule has 0 aliphatic heterocycles. The molecule has 0 spiro atoms. The fourth-order valence-electron chi connectivity index (χ4n) is 1.89. The van der Waals surface area contributed by atoms with Gasteiger partial charge in [0.15, 0.2) is 0 Å². The van der Waals surface area contributed by atoms with Crippen molar-refractivity contribution >= 4 is 22.5 Å². The molecule has 0 saturated heterocycles. The van der Waals surface area contributed by atoms with Crippen molar-refractivity contribution in [1.29, 1.82) is 0 Å². The number of nitrogens with zero attached hydrogens (tertiary/aromatic N) is 4. The first-order valence-corrected chi connectivity index (χ1v) is 6.18. The highest BCUT2D eigenvalue weighted by molar-refractivity contribution is 6.35. The molecule has 0 radical (unpaired) electrons. The van der Waals surface area contributed by atoms with Gasteiger partial charge in [-0.25, -0.2) is 4.68 Å². The molecule has 2 aromatic heterocycles. The molecule has 3 rings (SSSR count). The zero-order valence-electron chi connectivity index (χ0n) is 10.2. The van der Waals surface area contributed by atoms with Crippen molar-refractivity contribution in [3.8, 4) is 5.69 Å². The van der Waals surface area contributed by atoms with Crippen LogP contribution in [0.2, 0.25) is 5.02 Å². The topological polar surface area (TPSA) is 63.8 Å². The highest BCUT2D eigenvalue weighted by Gasteiger charge is 2.11. The third kappa shape index (κ3) is 2.07. The second kappa shape index (κ2) is 4.60. The van der Waals surface area contributed by atoms with Crippen molar-refractivity contribution in [2.24, 2.45) is 0 Å². The number of aromatic nitrogens is 4. The zero-order chi connectivity index (χ0) is 13.4. The van der Waals surface area contributed by atoms with Crippen LogP contribution in [0.4, 0.5) is 0 Å². The van der Waals surface area contributed by atoms with Crippen LogP contribution in [0.1, 0.15) is 18.7 Å². The first-order valence-electron chi connectivity index (χ1n) is 5.81. The van der Waals surface area contributed by atoms with E-state index in [1.54, 1.807) is 30.1 Å². The first-order chi connectivity index (χ1) is 9.16. The first kappa shape index (κ1) is 12.1. The Kier molecular flexibility index (Phi) is 2.93. The van der Waals surface area contributed by atoms with E-state index >= 15 is 0 Å². The molecule has 0 aliphatic carbocycles. The maximum Gasteiger partial charge on any atom is 0.111 e. The lowest BCUT2D eigenvalue weighted by Gasteiger charge is -2.06. The largest absolute Gasteiger partial charge is 0.387 e. The summed E-state index contributed by atoms with van der Waals surface area (Å²) in [7, 11) is 0. The smallest absolute Gasteiger partial charge is 0.111 e. The Morgan fingerprint density at radius 3 is 2.89 bits per heavy atom. The summed E-state index contributed by atoms with van der Waals surface area (Å²) in [5.74, 6) is 0.